The highest BCUT2D eigenvalue weighted by Crippen LogP contribution is 2.33. The summed E-state index contributed by atoms with van der Waals surface area (Å²) < 4.78 is 79.4. The van der Waals surface area contributed by atoms with E-state index in [2.05, 4.69) is 15.3 Å². The third kappa shape index (κ3) is 5.91. The number of carbonyl (C=O) groups is 1. The topological polar surface area (TPSA) is 116 Å². The fraction of sp³-hybridized carbons (Fsp3) is 0.308. The number of nitriles is 1. The van der Waals surface area contributed by atoms with Crippen LogP contribution in [-0.2, 0) is 27.5 Å². The molecular weight excluding hydrogens is 538 g/mol. The molecule has 13 heteroatoms. The Kier molecular flexibility index (Phi) is 7.99. The number of hydrogen-bond donors (Lipinski definition) is 1. The third-order valence-electron chi connectivity index (χ3n) is 6.61. The number of alkyl halides is 3. The van der Waals surface area contributed by atoms with E-state index in [4.69, 9.17) is 0 Å². The minimum absolute atomic E-state index is 0.114. The Balaban J connectivity index is 1.56. The van der Waals surface area contributed by atoms with E-state index < -0.39 is 39.8 Å². The second-order valence-electron chi connectivity index (χ2n) is 8.97. The zero-order valence-electron chi connectivity index (χ0n) is 20.6. The number of nitrogens with one attached hydrogen (secondary N) is 1. The lowest BCUT2D eigenvalue weighted by atomic mass is 9.97. The summed E-state index contributed by atoms with van der Waals surface area (Å²) in [6.07, 6.45) is -1.65. The van der Waals surface area contributed by atoms with Crippen molar-refractivity contribution in [3.05, 3.63) is 77.6 Å². The van der Waals surface area contributed by atoms with Gasteiger partial charge in [-0.15, -0.1) is 0 Å². The summed E-state index contributed by atoms with van der Waals surface area (Å²) >= 11 is 0. The van der Waals surface area contributed by atoms with E-state index in [9.17, 15) is 36.0 Å². The fourth-order valence-electron chi connectivity index (χ4n) is 4.55. The standard InChI is InChI=1S/C26H23F4N5O3S/c1-2-16-9-10-35(39(37,38)22-7-5-21(27)6-8-22)23(16)24(36)32-13-19-11-17(3-4-18(19)12-31)20-14-33-25(34-15-20)26(28,29)30/h3-8,11,14-16,23H,2,9-10,13H2,1H3,(H,32,36)/t16-,23-/m0/s1. The highest BCUT2D eigenvalue weighted by Gasteiger charge is 2.44. The molecule has 1 saturated heterocycles. The van der Waals surface area contributed by atoms with Crippen molar-refractivity contribution >= 4 is 15.9 Å². The van der Waals surface area contributed by atoms with Crippen LogP contribution in [0.5, 0.6) is 0 Å². The third-order valence-corrected chi connectivity index (χ3v) is 8.50. The Morgan fingerprint density at radius 2 is 1.79 bits per heavy atom. The number of halogens is 4. The molecule has 204 valence electrons. The van der Waals surface area contributed by atoms with Crippen LogP contribution in [0.15, 0.2) is 59.8 Å². The molecule has 1 fully saturated rings. The molecule has 8 nitrogen and oxygen atoms in total. The van der Waals surface area contributed by atoms with Crippen LogP contribution in [0.1, 0.15) is 36.7 Å². The highest BCUT2D eigenvalue weighted by molar-refractivity contribution is 7.89. The van der Waals surface area contributed by atoms with Gasteiger partial charge in [-0.05, 0) is 59.9 Å². The molecule has 0 aliphatic carbocycles. The van der Waals surface area contributed by atoms with Gasteiger partial charge in [0.1, 0.15) is 11.9 Å². The van der Waals surface area contributed by atoms with Crippen LogP contribution in [-0.4, -0.2) is 41.2 Å². The van der Waals surface area contributed by atoms with Crippen LogP contribution in [0, 0.1) is 23.1 Å². The van der Waals surface area contributed by atoms with Crippen LogP contribution >= 0.6 is 0 Å². The van der Waals surface area contributed by atoms with E-state index in [1.54, 1.807) is 0 Å². The summed E-state index contributed by atoms with van der Waals surface area (Å²) in [5.74, 6) is -2.69. The van der Waals surface area contributed by atoms with Gasteiger partial charge in [-0.25, -0.2) is 22.8 Å². The second kappa shape index (κ2) is 11.1. The number of nitrogens with zero attached hydrogens (tertiary/aromatic N) is 4. The van der Waals surface area contributed by atoms with Crippen LogP contribution in [0.3, 0.4) is 0 Å². The Morgan fingerprint density at radius 1 is 1.13 bits per heavy atom. The van der Waals surface area contributed by atoms with Gasteiger partial charge < -0.3 is 5.32 Å². The van der Waals surface area contributed by atoms with Crippen molar-refractivity contribution in [1.82, 2.24) is 19.6 Å². The lowest BCUT2D eigenvalue weighted by Crippen LogP contribution is -2.48. The summed E-state index contributed by atoms with van der Waals surface area (Å²) in [5, 5.41) is 12.2. The summed E-state index contributed by atoms with van der Waals surface area (Å²) in [5.41, 5.74) is 1.31. The highest BCUT2D eigenvalue weighted by atomic mass is 32.2. The van der Waals surface area contributed by atoms with Crippen LogP contribution < -0.4 is 5.32 Å². The van der Waals surface area contributed by atoms with Gasteiger partial charge in [-0.2, -0.15) is 22.7 Å². The Bertz CT molecular complexity index is 1500. The number of amides is 1. The molecule has 1 aromatic heterocycles. The van der Waals surface area contributed by atoms with Crippen LogP contribution in [0.4, 0.5) is 17.6 Å². The van der Waals surface area contributed by atoms with Crippen LogP contribution in [0.25, 0.3) is 11.1 Å². The maximum absolute atomic E-state index is 13.4. The van der Waals surface area contributed by atoms with Gasteiger partial charge in [0.15, 0.2) is 0 Å². The van der Waals surface area contributed by atoms with Gasteiger partial charge in [-0.1, -0.05) is 19.4 Å². The number of sulfonamides is 1. The van der Waals surface area contributed by atoms with E-state index in [1.165, 1.54) is 18.2 Å². The first-order valence-corrected chi connectivity index (χ1v) is 13.4. The Labute approximate surface area is 222 Å². The summed E-state index contributed by atoms with van der Waals surface area (Å²) in [4.78, 5) is 19.9. The van der Waals surface area contributed by atoms with E-state index in [0.29, 0.717) is 24.0 Å². The minimum atomic E-state index is -4.69. The molecule has 1 N–H and O–H groups in total. The molecule has 0 unspecified atom stereocenters. The molecule has 2 heterocycles. The van der Waals surface area contributed by atoms with Gasteiger partial charge in [0, 0.05) is 31.0 Å². The molecule has 0 radical (unpaired) electrons. The largest absolute Gasteiger partial charge is 0.451 e. The zero-order valence-corrected chi connectivity index (χ0v) is 21.4. The van der Waals surface area contributed by atoms with Gasteiger partial charge in [0.25, 0.3) is 0 Å². The Morgan fingerprint density at radius 3 is 2.38 bits per heavy atom. The maximum atomic E-state index is 13.4. The van der Waals surface area contributed by atoms with E-state index >= 15 is 0 Å². The fourth-order valence-corrected chi connectivity index (χ4v) is 6.21. The molecule has 1 aliphatic rings. The Hall–Kier alpha value is -3.89. The van der Waals surface area contributed by atoms with Gasteiger partial charge in [0.2, 0.25) is 21.8 Å². The van der Waals surface area contributed by atoms with E-state index in [0.717, 1.165) is 41.0 Å². The quantitative estimate of drug-likeness (QED) is 0.431. The van der Waals surface area contributed by atoms with Crippen molar-refractivity contribution in [1.29, 1.82) is 5.26 Å². The summed E-state index contributed by atoms with van der Waals surface area (Å²) in [6, 6.07) is 9.88. The van der Waals surface area contributed by atoms with Gasteiger partial charge in [-0.3, -0.25) is 4.79 Å². The van der Waals surface area contributed by atoms with Crippen molar-refractivity contribution in [3.8, 4) is 17.2 Å². The monoisotopic (exact) mass is 561 g/mol. The van der Waals surface area contributed by atoms with Crippen LogP contribution in [0.2, 0.25) is 0 Å². The first-order chi connectivity index (χ1) is 18.5. The van der Waals surface area contributed by atoms with Crippen molar-refractivity contribution in [2.75, 3.05) is 6.54 Å². The molecule has 4 rings (SSSR count). The number of aromatic nitrogens is 2. The molecule has 2 aromatic carbocycles. The summed E-state index contributed by atoms with van der Waals surface area (Å²) in [7, 11) is -4.09. The first kappa shape index (κ1) is 28.1. The van der Waals surface area contributed by atoms with Gasteiger partial charge >= 0.3 is 6.18 Å². The van der Waals surface area contributed by atoms with Crippen molar-refractivity contribution < 1.29 is 30.8 Å². The van der Waals surface area contributed by atoms with E-state index in [-0.39, 0.29) is 35.0 Å². The minimum Gasteiger partial charge on any atom is -0.351 e. The summed E-state index contributed by atoms with van der Waals surface area (Å²) in [6.45, 7) is 1.83. The molecule has 39 heavy (non-hydrogen) atoms. The number of rotatable bonds is 7. The molecule has 1 amide bonds. The first-order valence-electron chi connectivity index (χ1n) is 11.9. The average molecular weight is 562 g/mol. The molecule has 2 atom stereocenters. The maximum Gasteiger partial charge on any atom is 0.451 e. The second-order valence-corrected chi connectivity index (χ2v) is 10.9. The smallest absolute Gasteiger partial charge is 0.351 e. The van der Waals surface area contributed by atoms with E-state index in [1.807, 2.05) is 13.0 Å². The molecule has 3 aromatic rings. The number of hydrogen-bond acceptors (Lipinski definition) is 6. The normalized spacial score (nSPS) is 18.1. The number of benzene rings is 2. The predicted octanol–water partition coefficient (Wildman–Crippen LogP) is 4.28. The average Bonchev–Trinajstić information content (AvgIpc) is 3.37. The SMILES string of the molecule is CC[C@H]1CCN(S(=O)(=O)c2ccc(F)cc2)[C@@H]1C(=O)NCc1cc(-c2cnc(C(F)(F)F)nc2)ccc1C#N. The zero-order chi connectivity index (χ0) is 28.4. The molecule has 1 aliphatic heterocycles. The lowest BCUT2D eigenvalue weighted by Gasteiger charge is -2.26. The molecule has 0 spiro atoms. The number of carbonyl (C=O) groups excluding carboxylic acids is 1. The lowest BCUT2D eigenvalue weighted by molar-refractivity contribution is -0.145. The molecular formula is C26H23F4N5O3S. The van der Waals surface area contributed by atoms with Crippen molar-refractivity contribution in [2.24, 2.45) is 5.92 Å². The molecule has 0 bridgehead atoms. The molecule has 0 saturated carbocycles. The van der Waals surface area contributed by atoms with Crippen molar-refractivity contribution in [3.63, 3.8) is 0 Å². The van der Waals surface area contributed by atoms with Crippen molar-refractivity contribution in [2.45, 2.75) is 43.4 Å². The van der Waals surface area contributed by atoms with Gasteiger partial charge in [0.05, 0.1) is 16.5 Å². The predicted molar refractivity (Wildman–Crippen MR) is 132 cm³/mol.